The van der Waals surface area contributed by atoms with Crippen LogP contribution in [-0.4, -0.2) is 68.7 Å². The predicted octanol–water partition coefficient (Wildman–Crippen LogP) is 4.08. The van der Waals surface area contributed by atoms with Gasteiger partial charge in [0.15, 0.2) is 6.29 Å². The van der Waals surface area contributed by atoms with E-state index in [0.29, 0.717) is 52.4 Å². The molecule has 0 saturated heterocycles. The number of carboxylic acid groups (broad SMARTS) is 1. The number of carboxylic acids is 1. The number of hydrogen-bond donors (Lipinski definition) is 3. The molecular formula is C27H49N2O7. The van der Waals surface area contributed by atoms with Crippen LogP contribution in [0.1, 0.15) is 109 Å². The Balaban J connectivity index is 3.21. The van der Waals surface area contributed by atoms with Crippen molar-refractivity contribution >= 4 is 24.1 Å². The lowest BCUT2D eigenvalue weighted by Crippen LogP contribution is -2.28. The summed E-state index contributed by atoms with van der Waals surface area (Å²) in [6, 6.07) is 0. The van der Waals surface area contributed by atoms with Gasteiger partial charge in [0, 0.05) is 38.8 Å². The first-order chi connectivity index (χ1) is 17.6. The van der Waals surface area contributed by atoms with E-state index in [0.717, 1.165) is 32.1 Å². The molecule has 0 aromatic rings. The molecule has 0 heterocycles. The molecule has 0 saturated carbocycles. The van der Waals surface area contributed by atoms with Crippen molar-refractivity contribution in [2.45, 2.75) is 109 Å². The number of rotatable bonds is 28. The van der Waals surface area contributed by atoms with Crippen LogP contribution in [0, 0.1) is 0 Å². The number of aliphatic carboxylic acids is 1. The van der Waals surface area contributed by atoms with Crippen LogP contribution in [0.15, 0.2) is 0 Å². The van der Waals surface area contributed by atoms with Crippen LogP contribution in [0.5, 0.6) is 0 Å². The van der Waals surface area contributed by atoms with Crippen molar-refractivity contribution in [2.75, 3.05) is 39.5 Å². The van der Waals surface area contributed by atoms with Crippen LogP contribution in [0.3, 0.4) is 0 Å². The minimum Gasteiger partial charge on any atom is -0.481 e. The average Bonchev–Trinajstić information content (AvgIpc) is 2.85. The van der Waals surface area contributed by atoms with Gasteiger partial charge in [-0.05, 0) is 12.8 Å². The smallest absolute Gasteiger partial charge is 0.303 e. The Hall–Kier alpha value is -2.00. The molecule has 9 nitrogen and oxygen atoms in total. The van der Waals surface area contributed by atoms with Gasteiger partial charge in [0.25, 0.3) is 0 Å². The maximum Gasteiger partial charge on any atom is 0.303 e. The van der Waals surface area contributed by atoms with Crippen LogP contribution in [-0.2, 0) is 28.7 Å². The number of nitrogens with one attached hydrogen (secondary N) is 2. The highest BCUT2D eigenvalue weighted by Crippen LogP contribution is 2.13. The topological polar surface area (TPSA) is 131 Å². The second-order valence-corrected chi connectivity index (χ2v) is 9.06. The number of carbonyl (C=O) groups excluding carboxylic acids is 3. The molecule has 0 atom stereocenters. The summed E-state index contributed by atoms with van der Waals surface area (Å²) in [5.74, 6) is -0.804. The molecule has 9 heteroatoms. The summed E-state index contributed by atoms with van der Waals surface area (Å²) in [6.45, 7) is 2.56. The second kappa shape index (κ2) is 27.6. The van der Waals surface area contributed by atoms with E-state index in [1.165, 1.54) is 51.4 Å². The lowest BCUT2D eigenvalue weighted by molar-refractivity contribution is -0.137. The fourth-order valence-electron chi connectivity index (χ4n) is 3.69. The highest BCUT2D eigenvalue weighted by Gasteiger charge is 2.02. The first kappa shape index (κ1) is 34.0. The summed E-state index contributed by atoms with van der Waals surface area (Å²) in [5, 5.41) is 14.1. The van der Waals surface area contributed by atoms with Crippen LogP contribution in [0.2, 0.25) is 0 Å². The van der Waals surface area contributed by atoms with Gasteiger partial charge in [-0.15, -0.1) is 0 Å². The van der Waals surface area contributed by atoms with Gasteiger partial charge in [0.05, 0.1) is 26.4 Å². The maximum atomic E-state index is 11.8. The number of amides is 2. The molecule has 0 unspecified atom stereocenters. The third kappa shape index (κ3) is 28.2. The average molecular weight is 514 g/mol. The van der Waals surface area contributed by atoms with Gasteiger partial charge in [-0.25, -0.2) is 0 Å². The Morgan fingerprint density at radius 1 is 0.556 bits per heavy atom. The molecule has 209 valence electrons. The minimum atomic E-state index is -0.690. The molecule has 36 heavy (non-hydrogen) atoms. The van der Waals surface area contributed by atoms with Crippen molar-refractivity contribution in [3.8, 4) is 0 Å². The van der Waals surface area contributed by atoms with E-state index >= 15 is 0 Å². The molecular weight excluding hydrogens is 464 g/mol. The monoisotopic (exact) mass is 513 g/mol. The quantitative estimate of drug-likeness (QED) is 0.134. The van der Waals surface area contributed by atoms with Gasteiger partial charge in [-0.3, -0.25) is 19.2 Å². The molecule has 0 rings (SSSR count). The van der Waals surface area contributed by atoms with Gasteiger partial charge in [-0.1, -0.05) is 70.6 Å². The third-order valence-corrected chi connectivity index (χ3v) is 5.76. The molecule has 0 aromatic heterocycles. The molecule has 0 fully saturated rings. The van der Waals surface area contributed by atoms with E-state index in [-0.39, 0.29) is 24.7 Å². The molecule has 0 aliphatic carbocycles. The molecule has 0 aliphatic rings. The van der Waals surface area contributed by atoms with E-state index in [9.17, 15) is 19.2 Å². The highest BCUT2D eigenvalue weighted by atomic mass is 16.5. The fraction of sp³-hybridized carbons (Fsp3) is 0.852. The Morgan fingerprint density at radius 2 is 0.944 bits per heavy atom. The molecule has 3 N–H and O–H groups in total. The predicted molar refractivity (Wildman–Crippen MR) is 139 cm³/mol. The first-order valence-corrected chi connectivity index (χ1v) is 13.8. The fourth-order valence-corrected chi connectivity index (χ4v) is 3.69. The largest absolute Gasteiger partial charge is 0.481 e. The standard InChI is InChI=1S/C27H49N2O7/c30-20-14-16-26(32)29-19-22-36-24-23-35-21-18-28-25(31)15-12-10-8-6-4-2-1-3-5-7-9-11-13-17-27(33)34/h1-19,21-24H2,(H,28,31)(H,29,32)(H,33,34). The number of carbonyl (C=O) groups is 3. The Kier molecular flexibility index (Phi) is 26.1. The lowest BCUT2D eigenvalue weighted by atomic mass is 10.0. The molecule has 0 aromatic carbocycles. The van der Waals surface area contributed by atoms with Crippen molar-refractivity contribution in [2.24, 2.45) is 0 Å². The Labute approximate surface area is 217 Å². The zero-order chi connectivity index (χ0) is 26.5. The summed E-state index contributed by atoms with van der Waals surface area (Å²) in [6.07, 6.45) is 17.8. The van der Waals surface area contributed by atoms with Crippen LogP contribution < -0.4 is 10.6 Å². The minimum absolute atomic E-state index is 0.0701. The summed E-state index contributed by atoms with van der Waals surface area (Å²) in [7, 11) is 0. The van der Waals surface area contributed by atoms with Gasteiger partial charge in [-0.2, -0.15) is 0 Å². The van der Waals surface area contributed by atoms with Crippen LogP contribution in [0.25, 0.3) is 0 Å². The molecule has 0 bridgehead atoms. The highest BCUT2D eigenvalue weighted by molar-refractivity contribution is 5.78. The van der Waals surface area contributed by atoms with E-state index in [1.54, 1.807) is 6.29 Å². The Bertz CT molecular complexity index is 558. The number of hydrogen-bond acceptors (Lipinski definition) is 6. The summed E-state index contributed by atoms with van der Waals surface area (Å²) in [4.78, 5) is 43.6. The maximum absolute atomic E-state index is 11.8. The summed E-state index contributed by atoms with van der Waals surface area (Å²) in [5.41, 5.74) is 0. The van der Waals surface area contributed by atoms with Gasteiger partial charge in [0.1, 0.15) is 0 Å². The van der Waals surface area contributed by atoms with E-state index < -0.39 is 5.97 Å². The van der Waals surface area contributed by atoms with E-state index in [4.69, 9.17) is 14.6 Å². The van der Waals surface area contributed by atoms with Crippen molar-refractivity contribution in [3.05, 3.63) is 0 Å². The van der Waals surface area contributed by atoms with E-state index in [1.807, 2.05) is 0 Å². The summed E-state index contributed by atoms with van der Waals surface area (Å²) < 4.78 is 10.7. The first-order valence-electron chi connectivity index (χ1n) is 13.8. The SMILES string of the molecule is O=[C]CCC(=O)NCCOCCOCCNC(=O)CCCCCCCCCCCCCCCC(=O)O. The number of ether oxygens (including phenoxy) is 2. The van der Waals surface area contributed by atoms with Gasteiger partial charge >= 0.3 is 5.97 Å². The zero-order valence-electron chi connectivity index (χ0n) is 22.2. The zero-order valence-corrected chi connectivity index (χ0v) is 22.2. The number of unbranched alkanes of at least 4 members (excludes halogenated alkanes) is 12. The molecule has 0 aliphatic heterocycles. The third-order valence-electron chi connectivity index (χ3n) is 5.76. The van der Waals surface area contributed by atoms with Crippen molar-refractivity contribution in [1.29, 1.82) is 0 Å². The molecule has 1 radical (unpaired) electrons. The molecule has 2 amide bonds. The molecule has 0 spiro atoms. The van der Waals surface area contributed by atoms with Gasteiger partial charge in [0.2, 0.25) is 11.8 Å². The lowest BCUT2D eigenvalue weighted by Gasteiger charge is -2.08. The van der Waals surface area contributed by atoms with Crippen molar-refractivity contribution < 1.29 is 33.8 Å². The van der Waals surface area contributed by atoms with E-state index in [2.05, 4.69) is 10.6 Å². The van der Waals surface area contributed by atoms with Crippen LogP contribution in [0.4, 0.5) is 0 Å². The van der Waals surface area contributed by atoms with Gasteiger partial charge < -0.3 is 25.2 Å². The summed E-state index contributed by atoms with van der Waals surface area (Å²) >= 11 is 0. The second-order valence-electron chi connectivity index (χ2n) is 9.06. The van der Waals surface area contributed by atoms with Crippen molar-refractivity contribution in [1.82, 2.24) is 10.6 Å². The Morgan fingerprint density at radius 3 is 1.36 bits per heavy atom. The van der Waals surface area contributed by atoms with Crippen molar-refractivity contribution in [3.63, 3.8) is 0 Å². The normalized spacial score (nSPS) is 10.8. The van der Waals surface area contributed by atoms with Crippen LogP contribution >= 0.6 is 0 Å².